The lowest BCUT2D eigenvalue weighted by Crippen LogP contribution is -2.06. The molecule has 3 aromatic rings. The molecule has 0 unspecified atom stereocenters. The number of ether oxygens (including phenoxy) is 1. The number of rotatable bonds is 6. The Morgan fingerprint density at radius 3 is 2.59 bits per heavy atom. The number of nitrogens with zero attached hydrogens (tertiary/aromatic N) is 4. The predicted molar refractivity (Wildman–Crippen MR) is 105 cm³/mol. The van der Waals surface area contributed by atoms with Crippen molar-refractivity contribution in [2.75, 3.05) is 17.7 Å². The lowest BCUT2D eigenvalue weighted by Gasteiger charge is -2.08. The van der Waals surface area contributed by atoms with Crippen LogP contribution >= 0.6 is 0 Å². The minimum atomic E-state index is 0.0256. The van der Waals surface area contributed by atoms with Gasteiger partial charge in [-0.15, -0.1) is 0 Å². The van der Waals surface area contributed by atoms with Crippen LogP contribution in [-0.4, -0.2) is 21.6 Å². The highest BCUT2D eigenvalue weighted by molar-refractivity contribution is 5.88. The van der Waals surface area contributed by atoms with Gasteiger partial charge in [-0.05, 0) is 31.2 Å². The molecule has 7 nitrogen and oxygen atoms in total. The summed E-state index contributed by atoms with van der Waals surface area (Å²) in [4.78, 5) is 12.5. The fourth-order valence-corrected chi connectivity index (χ4v) is 2.41. The van der Waals surface area contributed by atoms with Gasteiger partial charge in [-0.3, -0.25) is 0 Å². The molecule has 7 heteroatoms. The zero-order valence-corrected chi connectivity index (χ0v) is 14.8. The standard InChI is InChI=1S/C20H18N6O/c1-2-27-17-11-7-6-8-14(17)12-15(13-21)18-24-19(22)26-20(25-18)23-16-9-4-3-5-10-16/h3-12H,2H2,1H3,(H3,22,23,24,25,26)/b15-12+. The van der Waals surface area contributed by atoms with Crippen LogP contribution in [0.2, 0.25) is 0 Å². The van der Waals surface area contributed by atoms with E-state index in [-0.39, 0.29) is 23.3 Å². The summed E-state index contributed by atoms with van der Waals surface area (Å²) in [7, 11) is 0. The highest BCUT2D eigenvalue weighted by atomic mass is 16.5. The summed E-state index contributed by atoms with van der Waals surface area (Å²) >= 11 is 0. The van der Waals surface area contributed by atoms with E-state index in [0.717, 1.165) is 11.3 Å². The Labute approximate surface area is 157 Å². The Hall–Kier alpha value is -3.92. The van der Waals surface area contributed by atoms with Gasteiger partial charge in [-0.1, -0.05) is 36.4 Å². The number of hydrogen-bond acceptors (Lipinski definition) is 7. The van der Waals surface area contributed by atoms with Crippen molar-refractivity contribution >= 4 is 29.2 Å². The van der Waals surface area contributed by atoms with E-state index in [0.29, 0.717) is 12.4 Å². The van der Waals surface area contributed by atoms with Crippen molar-refractivity contribution in [3.8, 4) is 11.8 Å². The first-order valence-corrected chi connectivity index (χ1v) is 8.37. The van der Waals surface area contributed by atoms with Crippen molar-refractivity contribution in [3.05, 3.63) is 66.0 Å². The molecule has 0 spiro atoms. The first-order valence-electron chi connectivity index (χ1n) is 8.37. The lowest BCUT2D eigenvalue weighted by molar-refractivity contribution is 0.339. The summed E-state index contributed by atoms with van der Waals surface area (Å²) < 4.78 is 5.60. The number of allylic oxidation sites excluding steroid dienone is 1. The summed E-state index contributed by atoms with van der Waals surface area (Å²) in [6, 6.07) is 19.0. The zero-order valence-electron chi connectivity index (χ0n) is 14.8. The molecule has 1 aromatic heterocycles. The van der Waals surface area contributed by atoms with Gasteiger partial charge >= 0.3 is 0 Å². The molecule has 2 aromatic carbocycles. The highest BCUT2D eigenvalue weighted by Gasteiger charge is 2.11. The van der Waals surface area contributed by atoms with Crippen LogP contribution in [0.4, 0.5) is 17.6 Å². The van der Waals surface area contributed by atoms with E-state index in [9.17, 15) is 5.26 Å². The van der Waals surface area contributed by atoms with Crippen LogP contribution < -0.4 is 15.8 Å². The van der Waals surface area contributed by atoms with Gasteiger partial charge in [-0.25, -0.2) is 0 Å². The molecule has 0 aliphatic heterocycles. The zero-order chi connectivity index (χ0) is 19.1. The van der Waals surface area contributed by atoms with E-state index in [1.54, 1.807) is 6.08 Å². The molecular weight excluding hydrogens is 340 g/mol. The second-order valence-electron chi connectivity index (χ2n) is 5.47. The SMILES string of the molecule is CCOc1ccccc1/C=C(\C#N)c1nc(N)nc(Nc2ccccc2)n1. The second-order valence-corrected chi connectivity index (χ2v) is 5.47. The van der Waals surface area contributed by atoms with E-state index in [1.807, 2.05) is 61.5 Å². The third-order valence-corrected chi connectivity index (χ3v) is 3.56. The Bertz CT molecular complexity index is 995. The summed E-state index contributed by atoms with van der Waals surface area (Å²) in [6.07, 6.45) is 1.67. The third-order valence-electron chi connectivity index (χ3n) is 3.56. The first kappa shape index (κ1) is 17.9. The molecule has 0 radical (unpaired) electrons. The van der Waals surface area contributed by atoms with Crippen LogP contribution in [0.5, 0.6) is 5.75 Å². The van der Waals surface area contributed by atoms with Gasteiger partial charge in [0.25, 0.3) is 0 Å². The van der Waals surface area contributed by atoms with Crippen LogP contribution in [-0.2, 0) is 0 Å². The number of nitrogens with two attached hydrogens (primary N) is 1. The highest BCUT2D eigenvalue weighted by Crippen LogP contribution is 2.24. The van der Waals surface area contributed by atoms with Gasteiger partial charge in [0.2, 0.25) is 11.9 Å². The maximum atomic E-state index is 9.61. The molecule has 0 aliphatic carbocycles. The molecule has 0 aliphatic rings. The minimum absolute atomic E-state index is 0.0256. The number of nitrogen functional groups attached to an aromatic ring is 1. The summed E-state index contributed by atoms with van der Waals surface area (Å²) in [5.74, 6) is 1.16. The maximum absolute atomic E-state index is 9.61. The molecule has 134 valence electrons. The number of hydrogen-bond donors (Lipinski definition) is 2. The van der Waals surface area contributed by atoms with Crippen molar-refractivity contribution in [2.24, 2.45) is 0 Å². The van der Waals surface area contributed by atoms with Crippen LogP contribution in [0.3, 0.4) is 0 Å². The molecule has 0 saturated carbocycles. The topological polar surface area (TPSA) is 110 Å². The number of nitriles is 1. The molecule has 3 rings (SSSR count). The van der Waals surface area contributed by atoms with Crippen LogP contribution in [0.1, 0.15) is 18.3 Å². The van der Waals surface area contributed by atoms with Crippen molar-refractivity contribution in [3.63, 3.8) is 0 Å². The average Bonchev–Trinajstić information content (AvgIpc) is 2.68. The van der Waals surface area contributed by atoms with Crippen LogP contribution in [0, 0.1) is 11.3 Å². The van der Waals surface area contributed by atoms with Gasteiger partial charge in [0.1, 0.15) is 11.8 Å². The predicted octanol–water partition coefficient (Wildman–Crippen LogP) is 3.66. The van der Waals surface area contributed by atoms with E-state index in [2.05, 4.69) is 26.3 Å². The Morgan fingerprint density at radius 2 is 1.85 bits per heavy atom. The largest absolute Gasteiger partial charge is 0.493 e. The average molecular weight is 358 g/mol. The Kier molecular flexibility index (Phi) is 5.60. The van der Waals surface area contributed by atoms with Crippen LogP contribution in [0.25, 0.3) is 11.6 Å². The lowest BCUT2D eigenvalue weighted by atomic mass is 10.1. The second kappa shape index (κ2) is 8.45. The third kappa shape index (κ3) is 4.58. The first-order chi connectivity index (χ1) is 13.2. The minimum Gasteiger partial charge on any atom is -0.493 e. The van der Waals surface area contributed by atoms with Crippen molar-refractivity contribution < 1.29 is 4.74 Å². The normalized spacial score (nSPS) is 10.9. The monoisotopic (exact) mass is 358 g/mol. The summed E-state index contributed by atoms with van der Waals surface area (Å²) in [5.41, 5.74) is 7.63. The molecule has 3 N–H and O–H groups in total. The molecule has 0 saturated heterocycles. The molecule has 0 amide bonds. The number of aromatic nitrogens is 3. The van der Waals surface area contributed by atoms with Gasteiger partial charge < -0.3 is 15.8 Å². The van der Waals surface area contributed by atoms with Crippen molar-refractivity contribution in [1.82, 2.24) is 15.0 Å². The number of para-hydroxylation sites is 2. The van der Waals surface area contributed by atoms with Crippen molar-refractivity contribution in [1.29, 1.82) is 5.26 Å². The number of anilines is 3. The van der Waals surface area contributed by atoms with E-state index in [1.165, 1.54) is 0 Å². The van der Waals surface area contributed by atoms with E-state index >= 15 is 0 Å². The number of nitrogens with one attached hydrogen (secondary N) is 1. The fraction of sp³-hybridized carbons (Fsp3) is 0.100. The van der Waals surface area contributed by atoms with Crippen LogP contribution in [0.15, 0.2) is 54.6 Å². The molecular formula is C20H18N6O. The quantitative estimate of drug-likeness (QED) is 0.647. The van der Waals surface area contributed by atoms with E-state index < -0.39 is 0 Å². The summed E-state index contributed by atoms with van der Waals surface area (Å²) in [6.45, 7) is 2.43. The molecule has 0 atom stereocenters. The Morgan fingerprint density at radius 1 is 1.11 bits per heavy atom. The van der Waals surface area contributed by atoms with Gasteiger partial charge in [0, 0.05) is 11.3 Å². The fourth-order valence-electron chi connectivity index (χ4n) is 2.41. The van der Waals surface area contributed by atoms with Gasteiger partial charge in [0.05, 0.1) is 12.2 Å². The molecule has 0 bridgehead atoms. The Balaban J connectivity index is 1.97. The number of benzene rings is 2. The maximum Gasteiger partial charge on any atom is 0.232 e. The van der Waals surface area contributed by atoms with Crippen molar-refractivity contribution in [2.45, 2.75) is 6.92 Å². The summed E-state index contributed by atoms with van der Waals surface area (Å²) in [5, 5.41) is 12.7. The van der Waals surface area contributed by atoms with Gasteiger partial charge in [-0.2, -0.15) is 20.2 Å². The van der Waals surface area contributed by atoms with Gasteiger partial charge in [0.15, 0.2) is 5.82 Å². The molecule has 27 heavy (non-hydrogen) atoms. The molecule has 0 fully saturated rings. The molecule has 1 heterocycles. The smallest absolute Gasteiger partial charge is 0.232 e. The van der Waals surface area contributed by atoms with E-state index in [4.69, 9.17) is 10.5 Å².